The molecular weight excluding hydrogens is 921 g/mol. The fourth-order valence-corrected chi connectivity index (χ4v) is 13.5. The van der Waals surface area contributed by atoms with Gasteiger partial charge in [0.2, 0.25) is 0 Å². The third-order valence-electron chi connectivity index (χ3n) is 16.5. The van der Waals surface area contributed by atoms with Gasteiger partial charge >= 0.3 is 0 Å². The zero-order valence-corrected chi connectivity index (χ0v) is 42.7. The van der Waals surface area contributed by atoms with Gasteiger partial charge in [-0.25, -0.2) is 0 Å². The Bertz CT molecular complexity index is 4240. The Labute approximate surface area is 442 Å². The highest BCUT2D eigenvalue weighted by molar-refractivity contribution is 6.16. The molecule has 15 rings (SSSR count). The average molecular weight is 971 g/mol. The molecule has 2 aromatic heterocycles. The number of hydrogen-bond donors (Lipinski definition) is 0. The molecule has 1 spiro atoms. The molecule has 4 nitrogen and oxygen atoms in total. The second-order valence-electron chi connectivity index (χ2n) is 21.0. The number of benzene rings is 11. The van der Waals surface area contributed by atoms with Gasteiger partial charge in [-0.3, -0.25) is 0 Å². The molecule has 0 radical (unpaired) electrons. The SMILES string of the molecule is Cc1ccc2c(c1)c1cc(C)ccc1n2-c1c(C#N)c(-n2c3ccc(C)cc3c3cc(C)ccc32)c(-c2ccccc2)c(N2c3ccccc3C3(c4ccccc4-c4ccccc43)c3ccccc32)c1-c1ccccc1. The number of para-hydroxylation sites is 2. The maximum Gasteiger partial charge on any atom is 0.104 e. The summed E-state index contributed by atoms with van der Waals surface area (Å²) in [4.78, 5) is 2.57. The third kappa shape index (κ3) is 5.94. The molecule has 0 saturated heterocycles. The summed E-state index contributed by atoms with van der Waals surface area (Å²) in [5, 5.41) is 17.2. The van der Waals surface area contributed by atoms with E-state index in [1.807, 2.05) is 0 Å². The quantitative estimate of drug-likeness (QED) is 0.172. The van der Waals surface area contributed by atoms with Crippen LogP contribution in [0.25, 0.3) is 88.4 Å². The minimum Gasteiger partial charge on any atom is -0.308 e. The normalized spacial score (nSPS) is 13.1. The third-order valence-corrected chi connectivity index (χ3v) is 16.5. The maximum atomic E-state index is 12.7. The van der Waals surface area contributed by atoms with Gasteiger partial charge in [0, 0.05) is 32.7 Å². The van der Waals surface area contributed by atoms with Crippen LogP contribution in [0.1, 0.15) is 50.1 Å². The molecule has 76 heavy (non-hydrogen) atoms. The molecule has 13 aromatic rings. The van der Waals surface area contributed by atoms with Gasteiger partial charge < -0.3 is 14.0 Å². The Kier molecular flexibility index (Phi) is 9.47. The van der Waals surface area contributed by atoms with Crippen LogP contribution in [0.3, 0.4) is 0 Å². The number of rotatable bonds is 5. The van der Waals surface area contributed by atoms with Crippen LogP contribution < -0.4 is 4.90 Å². The van der Waals surface area contributed by atoms with Crippen molar-refractivity contribution in [2.45, 2.75) is 33.1 Å². The van der Waals surface area contributed by atoms with Gasteiger partial charge in [-0.1, -0.05) is 192 Å². The van der Waals surface area contributed by atoms with E-state index < -0.39 is 5.41 Å². The fourth-order valence-electron chi connectivity index (χ4n) is 13.5. The first-order valence-electron chi connectivity index (χ1n) is 26.3. The number of fused-ring (bicyclic) bond motifs is 15. The van der Waals surface area contributed by atoms with E-state index in [9.17, 15) is 5.26 Å². The van der Waals surface area contributed by atoms with Crippen molar-refractivity contribution in [3.8, 4) is 50.8 Å². The van der Waals surface area contributed by atoms with Crippen molar-refractivity contribution in [1.29, 1.82) is 5.26 Å². The van der Waals surface area contributed by atoms with E-state index in [0.717, 1.165) is 94.3 Å². The van der Waals surface area contributed by atoms with Crippen molar-refractivity contribution < 1.29 is 0 Å². The summed E-state index contributed by atoms with van der Waals surface area (Å²) in [5.41, 5.74) is 25.0. The molecule has 0 saturated carbocycles. The highest BCUT2D eigenvalue weighted by atomic mass is 15.2. The standard InChI is InChI=1S/C72H50N4/c1-44-31-35-61-52(39-44)53-40-45(2)32-36-62(53)74(61)69-56(43-73)70(75-63-37-33-46(3)41-54(63)55-42-47(4)34-38-64(55)75)68(49-21-9-6-10-22-49)71(67(69)48-19-7-5-8-20-48)76-65-29-17-15-27-59(65)72(60-28-16-18-30-66(60)76)57-25-13-11-23-50(57)51-24-12-14-26-58(51)72/h5-42H,1-4H3. The molecule has 0 amide bonds. The van der Waals surface area contributed by atoms with Crippen LogP contribution in [0.15, 0.2) is 231 Å². The lowest BCUT2D eigenvalue weighted by Crippen LogP contribution is -2.36. The smallest absolute Gasteiger partial charge is 0.104 e. The minimum atomic E-state index is -0.639. The van der Waals surface area contributed by atoms with Gasteiger partial charge in [0.1, 0.15) is 11.6 Å². The second kappa shape index (κ2) is 16.4. The molecule has 1 aliphatic heterocycles. The van der Waals surface area contributed by atoms with Crippen LogP contribution in [0.5, 0.6) is 0 Å². The molecule has 358 valence electrons. The molecule has 4 heteroatoms. The molecule has 0 atom stereocenters. The fraction of sp³-hybridized carbons (Fsp3) is 0.0694. The van der Waals surface area contributed by atoms with E-state index in [2.05, 4.69) is 278 Å². The number of anilines is 3. The number of aromatic nitrogens is 2. The van der Waals surface area contributed by atoms with E-state index in [0.29, 0.717) is 5.56 Å². The van der Waals surface area contributed by atoms with Crippen molar-refractivity contribution in [2.75, 3.05) is 4.90 Å². The predicted octanol–water partition coefficient (Wildman–Crippen LogP) is 18.5. The number of aryl methyl sites for hydroxylation is 4. The summed E-state index contributed by atoms with van der Waals surface area (Å²) in [6, 6.07) is 88.1. The molecule has 0 unspecified atom stereocenters. The lowest BCUT2D eigenvalue weighted by Gasteiger charge is -2.46. The van der Waals surface area contributed by atoms with Gasteiger partial charge in [0.05, 0.1) is 55.9 Å². The highest BCUT2D eigenvalue weighted by Gasteiger charge is 2.52. The summed E-state index contributed by atoms with van der Waals surface area (Å²) >= 11 is 0. The van der Waals surface area contributed by atoms with Crippen LogP contribution >= 0.6 is 0 Å². The predicted molar refractivity (Wildman–Crippen MR) is 315 cm³/mol. The minimum absolute atomic E-state index is 0.579. The van der Waals surface area contributed by atoms with E-state index in [1.165, 1.54) is 55.6 Å². The van der Waals surface area contributed by atoms with Crippen LogP contribution in [0.2, 0.25) is 0 Å². The molecule has 0 N–H and O–H groups in total. The summed E-state index contributed by atoms with van der Waals surface area (Å²) in [6.07, 6.45) is 0. The summed E-state index contributed by atoms with van der Waals surface area (Å²) in [7, 11) is 0. The molecule has 0 bridgehead atoms. The van der Waals surface area contributed by atoms with Crippen LogP contribution in [0.4, 0.5) is 17.1 Å². The van der Waals surface area contributed by atoms with Crippen molar-refractivity contribution in [3.63, 3.8) is 0 Å². The Hall–Kier alpha value is -9.69. The second-order valence-corrected chi connectivity index (χ2v) is 21.0. The van der Waals surface area contributed by atoms with E-state index in [4.69, 9.17) is 0 Å². The molecule has 1 aliphatic carbocycles. The zero-order chi connectivity index (χ0) is 51.0. The van der Waals surface area contributed by atoms with Crippen molar-refractivity contribution >= 4 is 60.7 Å². The van der Waals surface area contributed by atoms with Crippen LogP contribution in [0, 0.1) is 39.0 Å². The van der Waals surface area contributed by atoms with Crippen molar-refractivity contribution in [1.82, 2.24) is 9.13 Å². The number of nitriles is 1. The van der Waals surface area contributed by atoms with Gasteiger partial charge in [0.15, 0.2) is 0 Å². The van der Waals surface area contributed by atoms with Gasteiger partial charge in [-0.2, -0.15) is 5.26 Å². The van der Waals surface area contributed by atoms with Crippen molar-refractivity contribution in [3.05, 3.63) is 281 Å². The molecular formula is C72H50N4. The molecule has 0 fully saturated rings. The van der Waals surface area contributed by atoms with E-state index >= 15 is 0 Å². The monoisotopic (exact) mass is 970 g/mol. The number of hydrogen-bond acceptors (Lipinski definition) is 2. The van der Waals surface area contributed by atoms with E-state index in [1.54, 1.807) is 0 Å². The van der Waals surface area contributed by atoms with Crippen LogP contribution in [-0.2, 0) is 5.41 Å². The van der Waals surface area contributed by atoms with Gasteiger partial charge in [-0.15, -0.1) is 0 Å². The number of nitrogens with zero attached hydrogens (tertiary/aromatic N) is 4. The largest absolute Gasteiger partial charge is 0.308 e. The van der Waals surface area contributed by atoms with E-state index in [-0.39, 0.29) is 0 Å². The lowest BCUT2D eigenvalue weighted by atomic mass is 9.64. The first kappa shape index (κ1) is 43.9. The summed E-state index contributed by atoms with van der Waals surface area (Å²) in [6.45, 7) is 8.68. The first-order valence-corrected chi connectivity index (χ1v) is 26.3. The molecule has 11 aromatic carbocycles. The Morgan fingerprint density at radius 3 is 1.04 bits per heavy atom. The lowest BCUT2D eigenvalue weighted by molar-refractivity contribution is 0.753. The van der Waals surface area contributed by atoms with Gasteiger partial charge in [0.25, 0.3) is 0 Å². The average Bonchev–Trinajstić information content (AvgIpc) is 4.08. The maximum absolute atomic E-state index is 12.7. The zero-order valence-electron chi connectivity index (χ0n) is 42.7. The first-order chi connectivity index (χ1) is 37.3. The topological polar surface area (TPSA) is 36.9 Å². The molecule has 3 heterocycles. The molecule has 2 aliphatic rings. The summed E-state index contributed by atoms with van der Waals surface area (Å²) < 4.78 is 4.84. The Morgan fingerprint density at radius 1 is 0.342 bits per heavy atom. The Morgan fingerprint density at radius 2 is 0.671 bits per heavy atom. The van der Waals surface area contributed by atoms with Crippen LogP contribution in [-0.4, -0.2) is 9.13 Å². The van der Waals surface area contributed by atoms with Gasteiger partial charge in [-0.05, 0) is 133 Å². The summed E-state index contributed by atoms with van der Waals surface area (Å²) in [5.74, 6) is 0. The highest BCUT2D eigenvalue weighted by Crippen LogP contribution is 2.65. The Balaban J connectivity index is 1.23. The van der Waals surface area contributed by atoms with Crippen molar-refractivity contribution in [2.24, 2.45) is 0 Å².